The molecule has 0 spiro atoms. The number of ether oxygens (including phenoxy) is 1. The summed E-state index contributed by atoms with van der Waals surface area (Å²) in [5.41, 5.74) is 7.42. The molecule has 0 aromatic heterocycles. The van der Waals surface area contributed by atoms with E-state index in [1.54, 1.807) is 24.3 Å². The lowest BCUT2D eigenvalue weighted by atomic mass is 10.1. The predicted molar refractivity (Wildman–Crippen MR) is 93.4 cm³/mol. The number of anilines is 1. The van der Waals surface area contributed by atoms with Crippen molar-refractivity contribution in [2.24, 2.45) is 0 Å². The predicted octanol–water partition coefficient (Wildman–Crippen LogP) is 3.94. The highest BCUT2D eigenvalue weighted by Crippen LogP contribution is 2.38. The molecule has 23 heavy (non-hydrogen) atoms. The van der Waals surface area contributed by atoms with Crippen LogP contribution < -0.4 is 10.5 Å². The second-order valence-corrected chi connectivity index (χ2v) is 6.07. The molecule has 0 saturated heterocycles. The fraction of sp³-hybridized carbons (Fsp3) is 0.176. The van der Waals surface area contributed by atoms with Gasteiger partial charge in [0.25, 0.3) is 0 Å². The van der Waals surface area contributed by atoms with Crippen LogP contribution in [0.5, 0.6) is 5.75 Å². The van der Waals surface area contributed by atoms with Gasteiger partial charge in [-0.25, -0.2) is 0 Å². The Morgan fingerprint density at radius 2 is 1.96 bits per heavy atom. The van der Waals surface area contributed by atoms with Crippen LogP contribution in [0.15, 0.2) is 66.1 Å². The van der Waals surface area contributed by atoms with Crippen molar-refractivity contribution < 1.29 is 9.66 Å². The molecular weight excluding hydrogens is 312 g/mol. The van der Waals surface area contributed by atoms with Gasteiger partial charge >= 0.3 is 0 Å². The van der Waals surface area contributed by atoms with Crippen molar-refractivity contribution in [3.05, 3.63) is 76.9 Å². The standard InChI is InChI=1S/C17H18N2O3S/c1-2-11-22-14-9-7-13(8-10-14)17(12-19(20)21)23-16-6-4-3-5-15(16)18/h2-10,17H,1,11-12,18H2. The molecule has 2 N–H and O–H groups in total. The van der Waals surface area contributed by atoms with Gasteiger partial charge in [-0.3, -0.25) is 10.1 Å². The van der Waals surface area contributed by atoms with Crippen LogP contribution in [-0.2, 0) is 0 Å². The number of benzene rings is 2. The molecule has 1 atom stereocenters. The van der Waals surface area contributed by atoms with E-state index in [4.69, 9.17) is 10.5 Å². The van der Waals surface area contributed by atoms with Gasteiger partial charge in [0.15, 0.2) is 0 Å². The van der Waals surface area contributed by atoms with Gasteiger partial charge in [0.05, 0.1) is 5.25 Å². The first kappa shape index (κ1) is 16.9. The largest absolute Gasteiger partial charge is 0.490 e. The second-order valence-electron chi connectivity index (χ2n) is 4.83. The summed E-state index contributed by atoms with van der Waals surface area (Å²) in [7, 11) is 0. The van der Waals surface area contributed by atoms with E-state index in [-0.39, 0.29) is 16.7 Å². The number of hydrogen-bond acceptors (Lipinski definition) is 5. The average Bonchev–Trinajstić information content (AvgIpc) is 2.54. The SMILES string of the molecule is C=CCOc1ccc(C(C[N+](=O)[O-])Sc2ccccc2N)cc1. The summed E-state index contributed by atoms with van der Waals surface area (Å²) >= 11 is 1.40. The summed E-state index contributed by atoms with van der Waals surface area (Å²) in [4.78, 5) is 11.5. The van der Waals surface area contributed by atoms with Crippen molar-refractivity contribution in [2.75, 3.05) is 18.9 Å². The van der Waals surface area contributed by atoms with Crippen molar-refractivity contribution in [2.45, 2.75) is 10.1 Å². The van der Waals surface area contributed by atoms with Crippen LogP contribution in [0.3, 0.4) is 0 Å². The van der Waals surface area contributed by atoms with Gasteiger partial charge < -0.3 is 10.5 Å². The van der Waals surface area contributed by atoms with Crippen LogP contribution in [0.4, 0.5) is 5.69 Å². The highest BCUT2D eigenvalue weighted by Gasteiger charge is 2.20. The third-order valence-electron chi connectivity index (χ3n) is 3.12. The van der Waals surface area contributed by atoms with Crippen LogP contribution in [0.25, 0.3) is 0 Å². The van der Waals surface area contributed by atoms with E-state index < -0.39 is 0 Å². The van der Waals surface area contributed by atoms with E-state index >= 15 is 0 Å². The van der Waals surface area contributed by atoms with Crippen LogP contribution in [0.2, 0.25) is 0 Å². The highest BCUT2D eigenvalue weighted by molar-refractivity contribution is 7.99. The van der Waals surface area contributed by atoms with Crippen molar-refractivity contribution in [1.29, 1.82) is 0 Å². The number of nitro groups is 1. The molecule has 1 unspecified atom stereocenters. The molecule has 0 aliphatic rings. The molecule has 0 saturated carbocycles. The molecule has 2 aromatic carbocycles. The average molecular weight is 330 g/mol. The minimum absolute atomic E-state index is 0.175. The molecule has 0 heterocycles. The number of rotatable bonds is 8. The van der Waals surface area contributed by atoms with Gasteiger partial charge in [0.1, 0.15) is 12.4 Å². The zero-order valence-corrected chi connectivity index (χ0v) is 13.4. The molecule has 0 aliphatic heterocycles. The Balaban J connectivity index is 2.19. The van der Waals surface area contributed by atoms with E-state index in [0.717, 1.165) is 10.5 Å². The van der Waals surface area contributed by atoms with E-state index in [9.17, 15) is 10.1 Å². The lowest BCUT2D eigenvalue weighted by Gasteiger charge is -2.15. The van der Waals surface area contributed by atoms with E-state index in [1.165, 1.54) is 11.8 Å². The summed E-state index contributed by atoms with van der Waals surface area (Å²) in [5, 5.41) is 10.7. The quantitative estimate of drug-likeness (QED) is 0.261. The summed E-state index contributed by atoms with van der Waals surface area (Å²) in [6, 6.07) is 14.7. The zero-order valence-electron chi connectivity index (χ0n) is 12.6. The molecular formula is C17H18N2O3S. The third kappa shape index (κ3) is 5.03. The number of hydrogen-bond donors (Lipinski definition) is 1. The lowest BCUT2D eigenvalue weighted by Crippen LogP contribution is -2.10. The summed E-state index contributed by atoms with van der Waals surface area (Å²) < 4.78 is 5.43. The molecule has 0 aliphatic carbocycles. The van der Waals surface area contributed by atoms with E-state index in [2.05, 4.69) is 6.58 Å². The van der Waals surface area contributed by atoms with Crippen molar-refractivity contribution in [3.8, 4) is 5.75 Å². The number of nitrogens with two attached hydrogens (primary N) is 1. The van der Waals surface area contributed by atoms with E-state index in [1.807, 2.05) is 30.3 Å². The first-order chi connectivity index (χ1) is 11.1. The maximum absolute atomic E-state index is 11.0. The molecule has 0 bridgehead atoms. The van der Waals surface area contributed by atoms with Gasteiger partial charge in [-0.05, 0) is 29.8 Å². The molecule has 6 heteroatoms. The van der Waals surface area contributed by atoms with Gasteiger partial charge in [-0.2, -0.15) is 0 Å². The minimum Gasteiger partial charge on any atom is -0.490 e. The van der Waals surface area contributed by atoms with Crippen LogP contribution >= 0.6 is 11.8 Å². The Hall–Kier alpha value is -2.47. The molecule has 2 aromatic rings. The first-order valence-electron chi connectivity index (χ1n) is 7.06. The Morgan fingerprint density at radius 3 is 2.57 bits per heavy atom. The van der Waals surface area contributed by atoms with Crippen molar-refractivity contribution in [1.82, 2.24) is 0 Å². The molecule has 5 nitrogen and oxygen atoms in total. The summed E-state index contributed by atoms with van der Waals surface area (Å²) in [6.45, 7) is 3.84. The number of nitrogens with zero attached hydrogens (tertiary/aromatic N) is 1. The van der Waals surface area contributed by atoms with Crippen LogP contribution in [0, 0.1) is 10.1 Å². The first-order valence-corrected chi connectivity index (χ1v) is 7.94. The monoisotopic (exact) mass is 330 g/mol. The Morgan fingerprint density at radius 1 is 1.26 bits per heavy atom. The lowest BCUT2D eigenvalue weighted by molar-refractivity contribution is -0.479. The van der Waals surface area contributed by atoms with E-state index in [0.29, 0.717) is 18.0 Å². The smallest absolute Gasteiger partial charge is 0.220 e. The van der Waals surface area contributed by atoms with Crippen molar-refractivity contribution in [3.63, 3.8) is 0 Å². The molecule has 2 rings (SSSR count). The van der Waals surface area contributed by atoms with Gasteiger partial charge in [-0.1, -0.05) is 36.9 Å². The highest BCUT2D eigenvalue weighted by atomic mass is 32.2. The minimum atomic E-state index is -0.317. The zero-order chi connectivity index (χ0) is 16.7. The molecule has 0 fully saturated rings. The van der Waals surface area contributed by atoms with Crippen LogP contribution in [-0.4, -0.2) is 18.1 Å². The van der Waals surface area contributed by atoms with Gasteiger partial charge in [0.2, 0.25) is 6.54 Å². The second kappa shape index (κ2) is 8.24. The topological polar surface area (TPSA) is 78.4 Å². The maximum Gasteiger partial charge on any atom is 0.220 e. The van der Waals surface area contributed by atoms with Crippen LogP contribution in [0.1, 0.15) is 10.8 Å². The third-order valence-corrected chi connectivity index (χ3v) is 4.45. The molecule has 0 radical (unpaired) electrons. The fourth-order valence-corrected chi connectivity index (χ4v) is 3.18. The van der Waals surface area contributed by atoms with Crippen molar-refractivity contribution >= 4 is 17.4 Å². The fourth-order valence-electron chi connectivity index (χ4n) is 2.02. The summed E-state index contributed by atoms with van der Waals surface area (Å²) in [5.74, 6) is 0.706. The maximum atomic E-state index is 11.0. The normalized spacial score (nSPS) is 11.7. The number of nitrogen functional groups attached to an aromatic ring is 1. The van der Waals surface area contributed by atoms with Gasteiger partial charge in [-0.15, -0.1) is 11.8 Å². The number of thioether (sulfide) groups is 1. The molecule has 0 amide bonds. The molecule has 120 valence electrons. The number of para-hydroxylation sites is 1. The Labute approximate surface area is 139 Å². The Kier molecular flexibility index (Phi) is 6.05. The Bertz CT molecular complexity index is 674. The van der Waals surface area contributed by atoms with Gasteiger partial charge in [0, 0.05) is 15.5 Å². The summed E-state index contributed by atoms with van der Waals surface area (Å²) in [6.07, 6.45) is 1.66.